The average Bonchev–Trinajstić information content (AvgIpc) is 2.72. The number of anilines is 2. The maximum atomic E-state index is 9.09. The van der Waals surface area contributed by atoms with Gasteiger partial charge in [-0.2, -0.15) is 9.97 Å². The van der Waals surface area contributed by atoms with Crippen LogP contribution in [-0.4, -0.2) is 64.4 Å². The van der Waals surface area contributed by atoms with E-state index in [0.717, 1.165) is 61.7 Å². The van der Waals surface area contributed by atoms with Gasteiger partial charge < -0.3 is 19.6 Å². The lowest BCUT2D eigenvalue weighted by atomic mass is 10.1. The molecule has 4 rings (SSSR count). The molecular formula is C18H26N6O2. The van der Waals surface area contributed by atoms with E-state index in [2.05, 4.69) is 29.7 Å². The van der Waals surface area contributed by atoms with Gasteiger partial charge in [0.2, 0.25) is 0 Å². The Kier molecular flexibility index (Phi) is 5.29. The van der Waals surface area contributed by atoms with E-state index in [1.807, 2.05) is 0 Å². The smallest absolute Gasteiger partial charge is 0.319 e. The largest absolute Gasteiger partial charge is 0.461 e. The molecule has 0 saturated carbocycles. The van der Waals surface area contributed by atoms with Crippen LogP contribution in [0.4, 0.5) is 11.6 Å². The monoisotopic (exact) mass is 358 g/mol. The van der Waals surface area contributed by atoms with Crippen molar-refractivity contribution in [3.05, 3.63) is 6.33 Å². The van der Waals surface area contributed by atoms with Crippen LogP contribution < -0.4 is 14.5 Å². The van der Waals surface area contributed by atoms with E-state index in [9.17, 15) is 0 Å². The van der Waals surface area contributed by atoms with Gasteiger partial charge >= 0.3 is 6.01 Å². The lowest BCUT2D eigenvalue weighted by molar-refractivity contribution is 0.192. The highest BCUT2D eigenvalue weighted by Gasteiger charge is 2.23. The summed E-state index contributed by atoms with van der Waals surface area (Å²) in [6, 6.07) is 0.292. The van der Waals surface area contributed by atoms with E-state index >= 15 is 0 Å². The van der Waals surface area contributed by atoms with Crippen molar-refractivity contribution in [3.8, 4) is 6.01 Å². The number of rotatable bonds is 5. The highest BCUT2D eigenvalue weighted by atomic mass is 16.5. The molecule has 0 atom stereocenters. The molecule has 8 heteroatoms. The van der Waals surface area contributed by atoms with Crippen molar-refractivity contribution in [3.63, 3.8) is 0 Å². The summed E-state index contributed by atoms with van der Waals surface area (Å²) in [6.45, 7) is 4.02. The molecule has 2 fully saturated rings. The van der Waals surface area contributed by atoms with Crippen LogP contribution in [0.3, 0.4) is 0 Å². The Labute approximate surface area is 153 Å². The lowest BCUT2D eigenvalue weighted by Crippen LogP contribution is -2.32. The van der Waals surface area contributed by atoms with Gasteiger partial charge in [0.25, 0.3) is 0 Å². The van der Waals surface area contributed by atoms with E-state index in [4.69, 9.17) is 9.84 Å². The zero-order valence-electron chi connectivity index (χ0n) is 15.1. The Morgan fingerprint density at radius 2 is 1.46 bits per heavy atom. The molecule has 2 aromatic heterocycles. The van der Waals surface area contributed by atoms with Crippen molar-refractivity contribution in [1.82, 2.24) is 19.9 Å². The summed E-state index contributed by atoms with van der Waals surface area (Å²) < 4.78 is 5.56. The maximum Gasteiger partial charge on any atom is 0.319 e. The van der Waals surface area contributed by atoms with Crippen LogP contribution in [0.1, 0.15) is 38.5 Å². The molecule has 140 valence electrons. The molecule has 0 bridgehead atoms. The van der Waals surface area contributed by atoms with Crippen molar-refractivity contribution in [1.29, 1.82) is 0 Å². The van der Waals surface area contributed by atoms with Gasteiger partial charge in [-0.05, 0) is 38.5 Å². The number of piperidine rings is 2. The summed E-state index contributed by atoms with van der Waals surface area (Å²) in [7, 11) is 0. The fourth-order valence-electron chi connectivity index (χ4n) is 3.77. The number of aromatic nitrogens is 4. The van der Waals surface area contributed by atoms with E-state index in [0.29, 0.717) is 6.01 Å². The summed E-state index contributed by atoms with van der Waals surface area (Å²) >= 11 is 0. The first kappa shape index (κ1) is 17.2. The molecular weight excluding hydrogens is 332 g/mol. The molecule has 0 spiro atoms. The number of aliphatic hydroxyl groups excluding tert-OH is 1. The zero-order valence-corrected chi connectivity index (χ0v) is 15.1. The summed E-state index contributed by atoms with van der Waals surface area (Å²) in [4.78, 5) is 22.8. The maximum absolute atomic E-state index is 9.09. The number of fused-ring (bicyclic) bond motifs is 1. The third kappa shape index (κ3) is 3.51. The molecule has 26 heavy (non-hydrogen) atoms. The van der Waals surface area contributed by atoms with Crippen molar-refractivity contribution in [2.75, 3.05) is 49.2 Å². The third-order valence-electron chi connectivity index (χ3n) is 5.06. The summed E-state index contributed by atoms with van der Waals surface area (Å²) in [5.41, 5.74) is 1.54. The van der Waals surface area contributed by atoms with Gasteiger partial charge in [0.1, 0.15) is 24.0 Å². The van der Waals surface area contributed by atoms with Crippen LogP contribution in [0.25, 0.3) is 11.0 Å². The van der Waals surface area contributed by atoms with E-state index in [-0.39, 0.29) is 13.2 Å². The Bertz CT molecular complexity index is 744. The molecule has 2 aliphatic heterocycles. The molecule has 8 nitrogen and oxygen atoms in total. The first-order chi connectivity index (χ1) is 12.9. The predicted molar refractivity (Wildman–Crippen MR) is 99.8 cm³/mol. The van der Waals surface area contributed by atoms with Gasteiger partial charge in [-0.3, -0.25) is 0 Å². The fraction of sp³-hybridized carbons (Fsp3) is 0.667. The van der Waals surface area contributed by atoms with Gasteiger partial charge in [-0.15, -0.1) is 0 Å². The number of hydrogen-bond acceptors (Lipinski definition) is 8. The highest BCUT2D eigenvalue weighted by molar-refractivity contribution is 5.93. The van der Waals surface area contributed by atoms with Crippen LogP contribution in [0.2, 0.25) is 0 Å². The fourth-order valence-corrected chi connectivity index (χ4v) is 3.77. The molecule has 4 heterocycles. The molecule has 2 aromatic rings. The van der Waals surface area contributed by atoms with E-state index < -0.39 is 0 Å². The minimum Gasteiger partial charge on any atom is -0.461 e. The standard InChI is InChI=1S/C18H26N6O2/c25-11-12-26-18-21-15-14(17(22-18)24-9-5-2-6-10-24)19-13-20-16(15)23-7-3-1-4-8-23/h13,25H,1-12H2. The first-order valence-electron chi connectivity index (χ1n) is 9.63. The van der Waals surface area contributed by atoms with Crippen molar-refractivity contribution in [2.45, 2.75) is 38.5 Å². The second-order valence-corrected chi connectivity index (χ2v) is 6.89. The lowest BCUT2D eigenvalue weighted by Gasteiger charge is -2.30. The molecule has 2 aliphatic rings. The molecule has 0 unspecified atom stereocenters. The number of nitrogens with zero attached hydrogens (tertiary/aromatic N) is 6. The first-order valence-corrected chi connectivity index (χ1v) is 9.63. The molecule has 1 N–H and O–H groups in total. The summed E-state index contributed by atoms with van der Waals surface area (Å²) in [5.74, 6) is 1.69. The van der Waals surface area contributed by atoms with Gasteiger partial charge in [-0.1, -0.05) is 0 Å². The highest BCUT2D eigenvalue weighted by Crippen LogP contribution is 2.32. The Morgan fingerprint density at radius 1 is 0.808 bits per heavy atom. The second kappa shape index (κ2) is 7.99. The third-order valence-corrected chi connectivity index (χ3v) is 5.06. The Balaban J connectivity index is 1.80. The SMILES string of the molecule is OCCOc1nc(N2CCCCC2)c2ncnc(N3CCCCC3)c2n1. The normalized spacial score (nSPS) is 18.3. The molecule has 0 amide bonds. The van der Waals surface area contributed by atoms with E-state index in [1.165, 1.54) is 25.7 Å². The number of hydrogen-bond donors (Lipinski definition) is 1. The van der Waals surface area contributed by atoms with Crippen LogP contribution in [-0.2, 0) is 0 Å². The van der Waals surface area contributed by atoms with Crippen molar-refractivity contribution >= 4 is 22.7 Å². The molecule has 0 radical (unpaired) electrons. The van der Waals surface area contributed by atoms with Crippen molar-refractivity contribution in [2.24, 2.45) is 0 Å². The summed E-state index contributed by atoms with van der Waals surface area (Å²) in [5, 5.41) is 9.09. The zero-order chi connectivity index (χ0) is 17.8. The summed E-state index contributed by atoms with van der Waals surface area (Å²) in [6.07, 6.45) is 8.79. The van der Waals surface area contributed by atoms with Crippen molar-refractivity contribution < 1.29 is 9.84 Å². The molecule has 0 aromatic carbocycles. The van der Waals surface area contributed by atoms with Gasteiger partial charge in [0.15, 0.2) is 11.6 Å². The van der Waals surface area contributed by atoms with Crippen LogP contribution in [0.5, 0.6) is 6.01 Å². The minimum absolute atomic E-state index is 0.0648. The van der Waals surface area contributed by atoms with E-state index in [1.54, 1.807) is 6.33 Å². The van der Waals surface area contributed by atoms with Crippen LogP contribution in [0.15, 0.2) is 6.33 Å². The van der Waals surface area contributed by atoms with Crippen LogP contribution in [0, 0.1) is 0 Å². The number of aliphatic hydroxyl groups is 1. The second-order valence-electron chi connectivity index (χ2n) is 6.89. The Hall–Kier alpha value is -2.22. The quantitative estimate of drug-likeness (QED) is 0.865. The average molecular weight is 358 g/mol. The molecule has 2 saturated heterocycles. The van der Waals surface area contributed by atoms with Crippen LogP contribution >= 0.6 is 0 Å². The predicted octanol–water partition coefficient (Wildman–Crippen LogP) is 1.77. The van der Waals surface area contributed by atoms with Gasteiger partial charge in [0, 0.05) is 26.2 Å². The number of ether oxygens (including phenoxy) is 1. The van der Waals surface area contributed by atoms with Gasteiger partial charge in [-0.25, -0.2) is 9.97 Å². The van der Waals surface area contributed by atoms with Gasteiger partial charge in [0.05, 0.1) is 6.61 Å². The topological polar surface area (TPSA) is 87.5 Å². The molecule has 0 aliphatic carbocycles. The minimum atomic E-state index is -0.0648. The Morgan fingerprint density at radius 3 is 2.12 bits per heavy atom.